The SMILES string of the molecule is CC(C)(C)CC1NC(C(=O)OC(C)(C)C)[C@H](c2cccc(Cl)c2F)[C@@]1(C#N)c1ccc(Cl)cc1F. The van der Waals surface area contributed by atoms with Gasteiger partial charge in [-0.15, -0.1) is 0 Å². The highest BCUT2D eigenvalue weighted by Crippen LogP contribution is 2.53. The quantitative estimate of drug-likeness (QED) is 0.442. The summed E-state index contributed by atoms with van der Waals surface area (Å²) in [5, 5.41) is 14.0. The van der Waals surface area contributed by atoms with Crippen LogP contribution in [0.4, 0.5) is 8.78 Å². The topological polar surface area (TPSA) is 62.1 Å². The monoisotopic (exact) mass is 522 g/mol. The number of halogens is 4. The summed E-state index contributed by atoms with van der Waals surface area (Å²) in [4.78, 5) is 13.5. The van der Waals surface area contributed by atoms with Gasteiger partial charge < -0.3 is 4.74 Å². The molecule has 1 heterocycles. The van der Waals surface area contributed by atoms with Gasteiger partial charge >= 0.3 is 5.97 Å². The van der Waals surface area contributed by atoms with Crippen LogP contribution in [-0.4, -0.2) is 23.7 Å². The molecule has 4 nitrogen and oxygen atoms in total. The van der Waals surface area contributed by atoms with E-state index in [1.54, 1.807) is 26.8 Å². The molecule has 1 saturated heterocycles. The molecule has 0 spiro atoms. The Labute approximate surface area is 215 Å². The van der Waals surface area contributed by atoms with Crippen molar-refractivity contribution in [3.63, 3.8) is 0 Å². The number of nitriles is 1. The van der Waals surface area contributed by atoms with E-state index in [1.807, 2.05) is 20.8 Å². The van der Waals surface area contributed by atoms with Gasteiger partial charge in [0.25, 0.3) is 0 Å². The molecule has 3 rings (SSSR count). The molecule has 0 amide bonds. The van der Waals surface area contributed by atoms with Crippen LogP contribution in [-0.2, 0) is 14.9 Å². The van der Waals surface area contributed by atoms with E-state index < -0.39 is 46.6 Å². The molecule has 8 heteroatoms. The summed E-state index contributed by atoms with van der Waals surface area (Å²) in [7, 11) is 0. The van der Waals surface area contributed by atoms with Gasteiger partial charge in [0.05, 0.1) is 11.1 Å². The molecular formula is C27H30Cl2F2N2O2. The van der Waals surface area contributed by atoms with Crippen molar-refractivity contribution >= 4 is 29.2 Å². The van der Waals surface area contributed by atoms with E-state index in [4.69, 9.17) is 27.9 Å². The maximum absolute atomic E-state index is 15.5. The number of nitrogens with one attached hydrogen (secondary N) is 1. The molecule has 1 aliphatic rings. The number of benzene rings is 2. The Balaban J connectivity index is 2.37. The Bertz CT molecular complexity index is 1170. The third-order valence-electron chi connectivity index (χ3n) is 6.11. The van der Waals surface area contributed by atoms with E-state index in [1.165, 1.54) is 24.3 Å². The van der Waals surface area contributed by atoms with Crippen LogP contribution in [0.2, 0.25) is 10.0 Å². The molecule has 0 saturated carbocycles. The van der Waals surface area contributed by atoms with Gasteiger partial charge in [-0.05, 0) is 56.4 Å². The van der Waals surface area contributed by atoms with Crippen LogP contribution in [0.3, 0.4) is 0 Å². The highest BCUT2D eigenvalue weighted by molar-refractivity contribution is 6.31. The smallest absolute Gasteiger partial charge is 0.324 e. The van der Waals surface area contributed by atoms with Crippen molar-refractivity contribution < 1.29 is 18.3 Å². The first-order chi connectivity index (χ1) is 16.1. The first-order valence-corrected chi connectivity index (χ1v) is 12.2. The molecule has 0 bridgehead atoms. The van der Waals surface area contributed by atoms with Crippen molar-refractivity contribution in [2.75, 3.05) is 0 Å². The van der Waals surface area contributed by atoms with Crippen LogP contribution in [0.5, 0.6) is 0 Å². The lowest BCUT2D eigenvalue weighted by atomic mass is 9.62. The fraction of sp³-hybridized carbons (Fsp3) is 0.481. The minimum absolute atomic E-state index is 0.0292. The first-order valence-electron chi connectivity index (χ1n) is 11.4. The van der Waals surface area contributed by atoms with Crippen molar-refractivity contribution in [1.82, 2.24) is 5.32 Å². The molecule has 188 valence electrons. The Hall–Kier alpha value is -2.20. The Morgan fingerprint density at radius 3 is 2.34 bits per heavy atom. The lowest BCUT2D eigenvalue weighted by Crippen LogP contribution is -2.45. The van der Waals surface area contributed by atoms with Crippen LogP contribution in [0.1, 0.15) is 65.0 Å². The Morgan fingerprint density at radius 1 is 1.14 bits per heavy atom. The third-order valence-corrected chi connectivity index (χ3v) is 6.64. The van der Waals surface area contributed by atoms with Crippen LogP contribution < -0.4 is 5.32 Å². The molecule has 35 heavy (non-hydrogen) atoms. The second-order valence-corrected chi connectivity index (χ2v) is 12.1. The highest BCUT2D eigenvalue weighted by atomic mass is 35.5. The number of hydrogen-bond acceptors (Lipinski definition) is 4. The molecule has 0 aromatic heterocycles. The zero-order chi connectivity index (χ0) is 26.3. The maximum atomic E-state index is 15.5. The molecule has 0 aliphatic carbocycles. The van der Waals surface area contributed by atoms with Crippen LogP contribution >= 0.6 is 23.2 Å². The summed E-state index contributed by atoms with van der Waals surface area (Å²) in [6.07, 6.45) is 0.389. The molecule has 2 unspecified atom stereocenters. The van der Waals surface area contributed by atoms with Crippen molar-refractivity contribution in [3.8, 4) is 6.07 Å². The molecule has 0 radical (unpaired) electrons. The largest absolute Gasteiger partial charge is 0.459 e. The molecule has 4 atom stereocenters. The molecule has 2 aromatic carbocycles. The van der Waals surface area contributed by atoms with E-state index in [9.17, 15) is 10.1 Å². The number of esters is 1. The number of ether oxygens (including phenoxy) is 1. The summed E-state index contributed by atoms with van der Waals surface area (Å²) >= 11 is 12.1. The summed E-state index contributed by atoms with van der Waals surface area (Å²) < 4.78 is 36.7. The fourth-order valence-corrected chi connectivity index (χ4v) is 5.24. The van der Waals surface area contributed by atoms with Gasteiger partial charge in [0.15, 0.2) is 0 Å². The zero-order valence-electron chi connectivity index (χ0n) is 20.7. The zero-order valence-corrected chi connectivity index (χ0v) is 22.2. The normalized spacial score (nSPS) is 24.8. The predicted octanol–water partition coefficient (Wildman–Crippen LogP) is 6.94. The highest BCUT2D eigenvalue weighted by Gasteiger charge is 2.61. The number of carbonyl (C=O) groups is 1. The van der Waals surface area contributed by atoms with E-state index in [0.717, 1.165) is 6.07 Å². The molecule has 1 N–H and O–H groups in total. The second kappa shape index (κ2) is 9.69. The van der Waals surface area contributed by atoms with Gasteiger partial charge in [0, 0.05) is 22.5 Å². The summed E-state index contributed by atoms with van der Waals surface area (Å²) in [6, 6.07) is 8.90. The summed E-state index contributed by atoms with van der Waals surface area (Å²) in [5.41, 5.74) is -2.76. The standard InChI is InChI=1S/C27H30Cl2F2N2O2/c1-25(2,3)13-20-27(14-32,17-11-10-15(28)12-19(17)30)21(16-8-7-9-18(29)22(16)31)23(33-20)24(34)35-26(4,5)6/h7-12,20-21,23,33H,13H2,1-6H3/t20?,21-,23?,27-/m0/s1. The maximum Gasteiger partial charge on any atom is 0.324 e. The van der Waals surface area contributed by atoms with Gasteiger partial charge in [-0.1, -0.05) is 62.2 Å². The number of hydrogen-bond donors (Lipinski definition) is 1. The van der Waals surface area contributed by atoms with Crippen LogP contribution in [0.25, 0.3) is 0 Å². The van der Waals surface area contributed by atoms with E-state index in [-0.39, 0.29) is 26.6 Å². The first kappa shape index (κ1) is 27.4. The van der Waals surface area contributed by atoms with Gasteiger partial charge in [0.2, 0.25) is 0 Å². The van der Waals surface area contributed by atoms with Crippen molar-refractivity contribution in [2.45, 2.75) is 77.0 Å². The summed E-state index contributed by atoms with van der Waals surface area (Å²) in [6.45, 7) is 11.1. The third kappa shape index (κ3) is 5.48. The van der Waals surface area contributed by atoms with Gasteiger partial charge in [0.1, 0.15) is 28.7 Å². The minimum Gasteiger partial charge on any atom is -0.459 e. The molecule has 1 fully saturated rings. The average Bonchev–Trinajstić information content (AvgIpc) is 3.02. The van der Waals surface area contributed by atoms with Gasteiger partial charge in [-0.25, -0.2) is 8.78 Å². The Morgan fingerprint density at radius 2 is 1.80 bits per heavy atom. The van der Waals surface area contributed by atoms with E-state index in [2.05, 4.69) is 11.4 Å². The van der Waals surface area contributed by atoms with Gasteiger partial charge in [-0.2, -0.15) is 5.26 Å². The van der Waals surface area contributed by atoms with E-state index >= 15 is 8.78 Å². The van der Waals surface area contributed by atoms with Crippen LogP contribution in [0, 0.1) is 28.4 Å². The number of rotatable bonds is 4. The predicted molar refractivity (Wildman–Crippen MR) is 133 cm³/mol. The van der Waals surface area contributed by atoms with Crippen LogP contribution in [0.15, 0.2) is 36.4 Å². The van der Waals surface area contributed by atoms with Gasteiger partial charge in [-0.3, -0.25) is 10.1 Å². The van der Waals surface area contributed by atoms with Crippen molar-refractivity contribution in [1.29, 1.82) is 5.26 Å². The number of nitrogens with zero attached hydrogens (tertiary/aromatic N) is 1. The average molecular weight is 523 g/mol. The molecule has 1 aliphatic heterocycles. The number of carbonyl (C=O) groups excluding carboxylic acids is 1. The van der Waals surface area contributed by atoms with E-state index in [0.29, 0.717) is 6.42 Å². The molecule has 2 aromatic rings. The van der Waals surface area contributed by atoms with Crippen molar-refractivity contribution in [3.05, 3.63) is 69.2 Å². The molecular weight excluding hydrogens is 493 g/mol. The lowest BCUT2D eigenvalue weighted by molar-refractivity contribution is -0.157. The Kier molecular flexibility index (Phi) is 7.58. The second-order valence-electron chi connectivity index (χ2n) is 11.2. The minimum atomic E-state index is -1.67. The summed E-state index contributed by atoms with van der Waals surface area (Å²) in [5.74, 6) is -3.27. The lowest BCUT2D eigenvalue weighted by Gasteiger charge is -2.37. The van der Waals surface area contributed by atoms with Crippen molar-refractivity contribution in [2.24, 2.45) is 5.41 Å². The fourth-order valence-electron chi connectivity index (χ4n) is 4.90.